The van der Waals surface area contributed by atoms with Crippen LogP contribution in [0, 0.1) is 0 Å². The minimum Gasteiger partial charge on any atom is -0.469 e. The molecule has 0 aromatic heterocycles. The van der Waals surface area contributed by atoms with Gasteiger partial charge in [-0.05, 0) is 38.5 Å². The van der Waals surface area contributed by atoms with Crippen molar-refractivity contribution in [3.05, 3.63) is 12.2 Å². The molecule has 0 rings (SSSR count). The van der Waals surface area contributed by atoms with E-state index < -0.39 is 5.91 Å². The first kappa shape index (κ1) is 27.4. The zero-order valence-electron chi connectivity index (χ0n) is 18.8. The molecule has 168 valence electrons. The maximum Gasteiger partial charge on any atom is 0.305 e. The average molecular weight is 410 g/mol. The van der Waals surface area contributed by atoms with E-state index in [0.717, 1.165) is 25.7 Å². The van der Waals surface area contributed by atoms with E-state index in [4.69, 9.17) is 0 Å². The molecular weight excluding hydrogens is 366 g/mol. The number of hydrogen-bond acceptors (Lipinski definition) is 4. The Balaban J connectivity index is 3.40. The number of ketones is 1. The Morgan fingerprint density at radius 2 is 1.28 bits per heavy atom. The second-order valence-corrected chi connectivity index (χ2v) is 7.69. The number of carbonyl (C=O) groups excluding carboxylic acids is 3. The third-order valence-electron chi connectivity index (χ3n) is 4.99. The summed E-state index contributed by atoms with van der Waals surface area (Å²) in [5.74, 6) is -1.20. The van der Waals surface area contributed by atoms with Crippen LogP contribution in [-0.4, -0.2) is 31.3 Å². The summed E-state index contributed by atoms with van der Waals surface area (Å²) in [6.45, 7) is 2.58. The number of carbonyl (C=O) groups is 3. The van der Waals surface area contributed by atoms with Crippen molar-refractivity contribution < 1.29 is 19.1 Å². The molecule has 5 nitrogen and oxygen atoms in total. The molecular formula is C24H43NO4. The van der Waals surface area contributed by atoms with E-state index in [1.54, 1.807) is 0 Å². The first-order valence-corrected chi connectivity index (χ1v) is 11.6. The van der Waals surface area contributed by atoms with Gasteiger partial charge in [0.25, 0.3) is 5.91 Å². The van der Waals surface area contributed by atoms with Gasteiger partial charge in [-0.25, -0.2) is 0 Å². The number of nitrogens with one attached hydrogen (secondary N) is 1. The number of unbranched alkanes of at least 4 members (excludes halogenated alkanes) is 11. The van der Waals surface area contributed by atoms with Gasteiger partial charge in [-0.2, -0.15) is 0 Å². The van der Waals surface area contributed by atoms with Gasteiger partial charge < -0.3 is 10.1 Å². The topological polar surface area (TPSA) is 72.5 Å². The number of ether oxygens (including phenoxy) is 1. The van der Waals surface area contributed by atoms with E-state index in [1.165, 1.54) is 64.9 Å². The maximum absolute atomic E-state index is 11.7. The van der Waals surface area contributed by atoms with Crippen LogP contribution in [0.5, 0.6) is 0 Å². The van der Waals surface area contributed by atoms with Gasteiger partial charge >= 0.3 is 5.97 Å². The highest BCUT2D eigenvalue weighted by molar-refractivity contribution is 6.36. The van der Waals surface area contributed by atoms with Crippen LogP contribution in [0.25, 0.3) is 0 Å². The summed E-state index contributed by atoms with van der Waals surface area (Å²) >= 11 is 0. The van der Waals surface area contributed by atoms with Crippen LogP contribution in [0.4, 0.5) is 0 Å². The third kappa shape index (κ3) is 19.4. The Morgan fingerprint density at radius 1 is 0.724 bits per heavy atom. The van der Waals surface area contributed by atoms with Crippen LogP contribution in [0.3, 0.4) is 0 Å². The molecule has 0 aliphatic heterocycles. The van der Waals surface area contributed by atoms with Crippen LogP contribution < -0.4 is 5.32 Å². The Bertz CT molecular complexity index is 460. The molecule has 1 N–H and O–H groups in total. The van der Waals surface area contributed by atoms with Crippen LogP contribution >= 0.6 is 0 Å². The van der Waals surface area contributed by atoms with Gasteiger partial charge in [-0.3, -0.25) is 14.4 Å². The largest absolute Gasteiger partial charge is 0.469 e. The van der Waals surface area contributed by atoms with Crippen molar-refractivity contribution in [2.75, 3.05) is 13.7 Å². The molecule has 29 heavy (non-hydrogen) atoms. The fourth-order valence-corrected chi connectivity index (χ4v) is 3.11. The fraction of sp³-hybridized carbons (Fsp3) is 0.792. The second-order valence-electron chi connectivity index (χ2n) is 7.69. The minimum atomic E-state index is -0.537. The van der Waals surface area contributed by atoms with E-state index in [9.17, 15) is 14.4 Å². The van der Waals surface area contributed by atoms with Crippen molar-refractivity contribution >= 4 is 17.7 Å². The van der Waals surface area contributed by atoms with Gasteiger partial charge in [-0.15, -0.1) is 0 Å². The Hall–Kier alpha value is -1.65. The quantitative estimate of drug-likeness (QED) is 0.122. The number of allylic oxidation sites excluding steroid dienone is 2. The summed E-state index contributed by atoms with van der Waals surface area (Å²) in [5.41, 5.74) is 0. The zero-order chi connectivity index (χ0) is 21.6. The number of esters is 1. The van der Waals surface area contributed by atoms with Gasteiger partial charge in [0.2, 0.25) is 5.78 Å². The highest BCUT2D eigenvalue weighted by Gasteiger charge is 2.12. The normalized spacial score (nSPS) is 11.0. The standard InChI is InChI=1S/C24H43NO4/c1-3-4-5-6-7-8-9-10-11-12-13-14-15-16-17-19-22(26)24(28)25-21-18-20-23(27)29-2/h10-11H,3-9,12-21H2,1-2H3,(H,25,28). The molecule has 0 aliphatic carbocycles. The summed E-state index contributed by atoms with van der Waals surface area (Å²) in [7, 11) is 1.33. The van der Waals surface area contributed by atoms with Crippen molar-refractivity contribution in [2.45, 2.75) is 110 Å². The Labute approximate surface area is 178 Å². The van der Waals surface area contributed by atoms with E-state index >= 15 is 0 Å². The summed E-state index contributed by atoms with van der Waals surface area (Å²) in [6, 6.07) is 0. The van der Waals surface area contributed by atoms with E-state index in [-0.39, 0.29) is 18.2 Å². The van der Waals surface area contributed by atoms with Crippen molar-refractivity contribution in [1.29, 1.82) is 0 Å². The molecule has 0 saturated heterocycles. The lowest BCUT2D eigenvalue weighted by atomic mass is 10.1. The molecule has 0 aliphatic rings. The average Bonchev–Trinajstić information content (AvgIpc) is 2.73. The number of Topliss-reactive ketones (excluding diaryl/α,β-unsaturated/α-hetero) is 1. The molecule has 0 aromatic carbocycles. The number of rotatable bonds is 20. The van der Waals surface area contributed by atoms with Gasteiger partial charge in [0.15, 0.2) is 0 Å². The van der Waals surface area contributed by atoms with Gasteiger partial charge in [0, 0.05) is 19.4 Å². The SMILES string of the molecule is CCCCCCCCC=CCCCCCCCC(=O)C(=O)NCCCC(=O)OC. The van der Waals surface area contributed by atoms with Crippen molar-refractivity contribution in [3.8, 4) is 0 Å². The lowest BCUT2D eigenvalue weighted by Crippen LogP contribution is -2.31. The van der Waals surface area contributed by atoms with Gasteiger partial charge in [0.1, 0.15) is 0 Å². The minimum absolute atomic E-state index is 0.249. The predicted octanol–water partition coefficient (Wildman–Crippen LogP) is 5.66. The second kappa shape index (κ2) is 21.1. The molecule has 5 heteroatoms. The van der Waals surface area contributed by atoms with E-state index in [0.29, 0.717) is 19.4 Å². The lowest BCUT2D eigenvalue weighted by Gasteiger charge is -2.04. The van der Waals surface area contributed by atoms with E-state index in [2.05, 4.69) is 29.1 Å². The number of hydrogen-bond donors (Lipinski definition) is 1. The zero-order valence-corrected chi connectivity index (χ0v) is 18.8. The van der Waals surface area contributed by atoms with E-state index in [1.807, 2.05) is 0 Å². The van der Waals surface area contributed by atoms with Crippen LogP contribution in [0.1, 0.15) is 110 Å². The monoisotopic (exact) mass is 409 g/mol. The smallest absolute Gasteiger partial charge is 0.305 e. The van der Waals surface area contributed by atoms with Crippen molar-refractivity contribution in [1.82, 2.24) is 5.32 Å². The van der Waals surface area contributed by atoms with Crippen molar-refractivity contribution in [2.24, 2.45) is 0 Å². The molecule has 0 aromatic rings. The lowest BCUT2D eigenvalue weighted by molar-refractivity contribution is -0.141. The third-order valence-corrected chi connectivity index (χ3v) is 4.99. The highest BCUT2D eigenvalue weighted by atomic mass is 16.5. The summed E-state index contributed by atoms with van der Waals surface area (Å²) in [6.07, 6.45) is 21.4. The molecule has 0 heterocycles. The maximum atomic E-state index is 11.7. The number of amides is 1. The molecule has 0 bridgehead atoms. The number of methoxy groups -OCH3 is 1. The summed E-state index contributed by atoms with van der Waals surface area (Å²) < 4.78 is 4.52. The van der Waals surface area contributed by atoms with Crippen LogP contribution in [0.15, 0.2) is 12.2 Å². The first-order valence-electron chi connectivity index (χ1n) is 11.6. The van der Waals surface area contributed by atoms with Gasteiger partial charge in [0.05, 0.1) is 7.11 Å². The molecule has 0 unspecified atom stereocenters. The van der Waals surface area contributed by atoms with Crippen LogP contribution in [-0.2, 0) is 19.1 Å². The molecule has 0 fully saturated rings. The molecule has 1 amide bonds. The molecule has 0 atom stereocenters. The predicted molar refractivity (Wildman–Crippen MR) is 119 cm³/mol. The van der Waals surface area contributed by atoms with Crippen molar-refractivity contribution in [3.63, 3.8) is 0 Å². The fourth-order valence-electron chi connectivity index (χ4n) is 3.11. The first-order chi connectivity index (χ1) is 14.1. The van der Waals surface area contributed by atoms with Crippen LogP contribution in [0.2, 0.25) is 0 Å². The molecule has 0 saturated carbocycles. The summed E-state index contributed by atoms with van der Waals surface area (Å²) in [4.78, 5) is 34.4. The Morgan fingerprint density at radius 3 is 1.86 bits per heavy atom. The highest BCUT2D eigenvalue weighted by Crippen LogP contribution is 2.10. The Kier molecular flexibility index (Phi) is 19.9. The molecule has 0 radical (unpaired) electrons. The van der Waals surface area contributed by atoms with Gasteiger partial charge in [-0.1, -0.05) is 70.4 Å². The molecule has 0 spiro atoms. The summed E-state index contributed by atoms with van der Waals surface area (Å²) in [5, 5.41) is 2.56.